The summed E-state index contributed by atoms with van der Waals surface area (Å²) in [5, 5.41) is 3.11. The Bertz CT molecular complexity index is 435. The van der Waals surface area contributed by atoms with Gasteiger partial charge in [-0.25, -0.2) is 10.8 Å². The Hall–Kier alpha value is -1.79. The summed E-state index contributed by atoms with van der Waals surface area (Å²) in [6.45, 7) is 4.47. The Balaban J connectivity index is 2.89. The van der Waals surface area contributed by atoms with Crippen LogP contribution in [0.5, 0.6) is 5.75 Å². The second-order valence-corrected chi connectivity index (χ2v) is 4.26. The molecule has 19 heavy (non-hydrogen) atoms. The second kappa shape index (κ2) is 7.60. The molecule has 0 saturated heterocycles. The normalized spacial score (nSPS) is 13.0. The van der Waals surface area contributed by atoms with Gasteiger partial charge in [-0.15, -0.1) is 0 Å². The molecule has 1 unspecified atom stereocenters. The van der Waals surface area contributed by atoms with Gasteiger partial charge in [0.15, 0.2) is 0 Å². The molecule has 1 aromatic rings. The van der Waals surface area contributed by atoms with Gasteiger partial charge in [-0.05, 0) is 31.5 Å². The molecule has 1 aromatic carbocycles. The van der Waals surface area contributed by atoms with Crippen LogP contribution in [0, 0.1) is 6.92 Å². The third-order valence-corrected chi connectivity index (χ3v) is 2.50. The molecule has 0 radical (unpaired) electrons. The van der Waals surface area contributed by atoms with E-state index < -0.39 is 0 Å². The van der Waals surface area contributed by atoms with Crippen LogP contribution in [-0.2, 0) is 4.74 Å². The SMILES string of the molecule is COCC(C)N=C(NN)Nc1cc(C)ccc1OC. The minimum atomic E-state index is -0.000598. The van der Waals surface area contributed by atoms with E-state index >= 15 is 0 Å². The van der Waals surface area contributed by atoms with Gasteiger partial charge in [0.2, 0.25) is 5.96 Å². The van der Waals surface area contributed by atoms with Gasteiger partial charge in [0.25, 0.3) is 0 Å². The molecule has 4 N–H and O–H groups in total. The van der Waals surface area contributed by atoms with Crippen molar-refractivity contribution in [3.8, 4) is 5.75 Å². The second-order valence-electron chi connectivity index (χ2n) is 4.26. The number of nitrogens with two attached hydrogens (primary N) is 1. The van der Waals surface area contributed by atoms with Crippen LogP contribution in [0.15, 0.2) is 23.2 Å². The number of benzene rings is 1. The first-order valence-electron chi connectivity index (χ1n) is 6.05. The summed E-state index contributed by atoms with van der Waals surface area (Å²) in [5.41, 5.74) is 4.46. The number of rotatable bonds is 5. The highest BCUT2D eigenvalue weighted by Crippen LogP contribution is 2.24. The fourth-order valence-electron chi connectivity index (χ4n) is 1.65. The van der Waals surface area contributed by atoms with Gasteiger partial charge in [-0.2, -0.15) is 0 Å². The topological polar surface area (TPSA) is 80.9 Å². The number of aryl methyl sites for hydroxylation is 1. The predicted molar refractivity (Wildman–Crippen MR) is 77.4 cm³/mol. The van der Waals surface area contributed by atoms with Crippen molar-refractivity contribution >= 4 is 11.6 Å². The van der Waals surface area contributed by atoms with Gasteiger partial charge in [-0.1, -0.05) is 6.07 Å². The Morgan fingerprint density at radius 2 is 2.16 bits per heavy atom. The van der Waals surface area contributed by atoms with Crippen LogP contribution in [0.1, 0.15) is 12.5 Å². The van der Waals surface area contributed by atoms with Crippen molar-refractivity contribution in [3.63, 3.8) is 0 Å². The van der Waals surface area contributed by atoms with E-state index in [9.17, 15) is 0 Å². The van der Waals surface area contributed by atoms with Crippen molar-refractivity contribution in [2.75, 3.05) is 26.1 Å². The minimum Gasteiger partial charge on any atom is -0.495 e. The van der Waals surface area contributed by atoms with Crippen LogP contribution in [0.3, 0.4) is 0 Å². The maximum Gasteiger partial charge on any atom is 0.210 e. The Kier molecular flexibility index (Phi) is 6.11. The lowest BCUT2D eigenvalue weighted by Gasteiger charge is -2.15. The number of guanidine groups is 1. The molecule has 0 fully saturated rings. The van der Waals surface area contributed by atoms with E-state index in [0.717, 1.165) is 17.0 Å². The average molecular weight is 266 g/mol. The third kappa shape index (κ3) is 4.76. The van der Waals surface area contributed by atoms with Crippen LogP contribution >= 0.6 is 0 Å². The Labute approximate surface area is 114 Å². The van der Waals surface area contributed by atoms with Gasteiger partial charge < -0.3 is 14.8 Å². The molecule has 0 aliphatic rings. The molecule has 0 aromatic heterocycles. The number of anilines is 1. The van der Waals surface area contributed by atoms with Gasteiger partial charge in [0.05, 0.1) is 25.4 Å². The Morgan fingerprint density at radius 3 is 2.74 bits per heavy atom. The summed E-state index contributed by atoms with van der Waals surface area (Å²) in [7, 11) is 3.26. The van der Waals surface area contributed by atoms with Gasteiger partial charge >= 0.3 is 0 Å². The molecule has 0 amide bonds. The van der Waals surface area contributed by atoms with Crippen LogP contribution in [0.4, 0.5) is 5.69 Å². The zero-order valence-corrected chi connectivity index (χ0v) is 11.9. The molecule has 0 bridgehead atoms. The number of hydrazine groups is 1. The molecule has 0 spiro atoms. The maximum absolute atomic E-state index is 5.47. The number of methoxy groups -OCH3 is 2. The van der Waals surface area contributed by atoms with E-state index in [4.69, 9.17) is 15.3 Å². The van der Waals surface area contributed by atoms with Crippen molar-refractivity contribution in [3.05, 3.63) is 23.8 Å². The first-order valence-corrected chi connectivity index (χ1v) is 6.05. The summed E-state index contributed by atoms with van der Waals surface area (Å²) in [6, 6.07) is 5.83. The lowest BCUT2D eigenvalue weighted by atomic mass is 10.2. The van der Waals surface area contributed by atoms with Crippen molar-refractivity contribution in [2.24, 2.45) is 10.8 Å². The summed E-state index contributed by atoms with van der Waals surface area (Å²) < 4.78 is 10.3. The standard InChI is InChI=1S/C13H22N4O2/c1-9-5-6-12(19-4)11(7-9)16-13(17-14)15-10(2)8-18-3/h5-7,10H,8,14H2,1-4H3,(H2,15,16,17). The van der Waals surface area contributed by atoms with Crippen molar-refractivity contribution < 1.29 is 9.47 Å². The highest BCUT2D eigenvalue weighted by Gasteiger charge is 2.07. The number of hydrogen-bond donors (Lipinski definition) is 3. The van der Waals surface area contributed by atoms with E-state index in [0.29, 0.717) is 12.6 Å². The van der Waals surface area contributed by atoms with E-state index in [2.05, 4.69) is 15.7 Å². The molecular formula is C13H22N4O2. The van der Waals surface area contributed by atoms with Crippen LogP contribution in [0.2, 0.25) is 0 Å². The van der Waals surface area contributed by atoms with Crippen LogP contribution < -0.4 is 21.3 Å². The smallest absolute Gasteiger partial charge is 0.210 e. The predicted octanol–water partition coefficient (Wildman–Crippen LogP) is 1.27. The number of aliphatic imine (C=N–C) groups is 1. The molecule has 0 heterocycles. The monoisotopic (exact) mass is 266 g/mol. The van der Waals surface area contributed by atoms with Crippen LogP contribution in [0.25, 0.3) is 0 Å². The Morgan fingerprint density at radius 1 is 1.42 bits per heavy atom. The zero-order valence-electron chi connectivity index (χ0n) is 11.9. The highest BCUT2D eigenvalue weighted by atomic mass is 16.5. The zero-order chi connectivity index (χ0) is 14.3. The lowest BCUT2D eigenvalue weighted by molar-refractivity contribution is 0.185. The molecule has 106 valence electrons. The quantitative estimate of drug-likeness (QED) is 0.324. The number of nitrogens with one attached hydrogen (secondary N) is 2. The first kappa shape index (κ1) is 15.3. The van der Waals surface area contributed by atoms with Crippen molar-refractivity contribution in [1.29, 1.82) is 0 Å². The summed E-state index contributed by atoms with van der Waals surface area (Å²) in [4.78, 5) is 4.37. The van der Waals surface area contributed by atoms with Crippen molar-refractivity contribution in [1.82, 2.24) is 5.43 Å². The fraction of sp³-hybridized carbons (Fsp3) is 0.462. The molecule has 0 aliphatic carbocycles. The van der Waals surface area contributed by atoms with E-state index in [1.165, 1.54) is 0 Å². The van der Waals surface area contributed by atoms with E-state index in [1.807, 2.05) is 32.0 Å². The molecule has 1 atom stereocenters. The highest BCUT2D eigenvalue weighted by molar-refractivity contribution is 5.94. The van der Waals surface area contributed by atoms with Gasteiger partial charge in [-0.3, -0.25) is 5.43 Å². The van der Waals surface area contributed by atoms with Crippen LogP contribution in [-0.4, -0.2) is 32.8 Å². The largest absolute Gasteiger partial charge is 0.495 e. The molecule has 0 aliphatic heterocycles. The number of ether oxygens (including phenoxy) is 2. The first-order chi connectivity index (χ1) is 9.10. The summed E-state index contributed by atoms with van der Waals surface area (Å²) >= 11 is 0. The summed E-state index contributed by atoms with van der Waals surface area (Å²) in [5.74, 6) is 6.67. The van der Waals surface area contributed by atoms with Gasteiger partial charge in [0.1, 0.15) is 5.75 Å². The van der Waals surface area contributed by atoms with E-state index in [-0.39, 0.29) is 6.04 Å². The molecule has 6 nitrogen and oxygen atoms in total. The number of nitrogens with zero attached hydrogens (tertiary/aromatic N) is 1. The minimum absolute atomic E-state index is 0.000598. The molecule has 6 heteroatoms. The molecular weight excluding hydrogens is 244 g/mol. The molecule has 0 saturated carbocycles. The maximum atomic E-state index is 5.47. The van der Waals surface area contributed by atoms with Gasteiger partial charge in [0, 0.05) is 7.11 Å². The third-order valence-electron chi connectivity index (χ3n) is 2.50. The average Bonchev–Trinajstić information content (AvgIpc) is 2.38. The number of hydrogen-bond acceptors (Lipinski definition) is 4. The summed E-state index contributed by atoms with van der Waals surface area (Å²) in [6.07, 6.45) is 0. The van der Waals surface area contributed by atoms with E-state index in [1.54, 1.807) is 14.2 Å². The fourth-order valence-corrected chi connectivity index (χ4v) is 1.65. The van der Waals surface area contributed by atoms with Crippen molar-refractivity contribution in [2.45, 2.75) is 19.9 Å². The molecule has 1 rings (SSSR count). The lowest BCUT2D eigenvalue weighted by Crippen LogP contribution is -2.37.